The van der Waals surface area contributed by atoms with Crippen LogP contribution in [0.5, 0.6) is 5.75 Å². The zero-order chi connectivity index (χ0) is 19.4. The lowest BCUT2D eigenvalue weighted by Gasteiger charge is -2.17. The fraction of sp³-hybridized carbons (Fsp3) is 0.333. The lowest BCUT2D eigenvalue weighted by molar-refractivity contribution is -0.122. The summed E-state index contributed by atoms with van der Waals surface area (Å²) in [5.41, 5.74) is 1.71. The van der Waals surface area contributed by atoms with Crippen molar-refractivity contribution in [3.8, 4) is 5.75 Å². The Kier molecular flexibility index (Phi) is 5.74. The van der Waals surface area contributed by atoms with E-state index in [0.29, 0.717) is 6.61 Å². The van der Waals surface area contributed by atoms with Gasteiger partial charge in [-0.15, -0.1) is 0 Å². The van der Waals surface area contributed by atoms with Crippen molar-refractivity contribution in [1.29, 1.82) is 0 Å². The molecule has 1 aliphatic rings. The molecule has 0 bridgehead atoms. The molecule has 0 saturated carbocycles. The number of carbonyl (C=O) groups is 2. The van der Waals surface area contributed by atoms with Crippen LogP contribution in [0.2, 0.25) is 0 Å². The molecule has 3 rings (SSSR count). The smallest absolute Gasteiger partial charge is 0.229 e. The molecule has 2 aromatic carbocycles. The first-order valence-electron chi connectivity index (χ1n) is 9.08. The molecular weight excluding hydrogens is 347 g/mol. The number of nitrogens with zero attached hydrogens (tertiary/aromatic N) is 1. The average Bonchev–Trinajstić information content (AvgIpc) is 3.05. The largest absolute Gasteiger partial charge is 0.494 e. The Labute approximate surface area is 158 Å². The average molecular weight is 370 g/mol. The third-order valence-electron chi connectivity index (χ3n) is 4.50. The van der Waals surface area contributed by atoms with Gasteiger partial charge < -0.3 is 15.0 Å². The zero-order valence-corrected chi connectivity index (χ0v) is 15.5. The van der Waals surface area contributed by atoms with Crippen LogP contribution in [0.4, 0.5) is 15.8 Å². The van der Waals surface area contributed by atoms with Gasteiger partial charge in [0.05, 0.1) is 18.2 Å². The molecule has 27 heavy (non-hydrogen) atoms. The second-order valence-electron chi connectivity index (χ2n) is 6.72. The number of ether oxygens (including phenoxy) is 1. The molecule has 1 fully saturated rings. The van der Waals surface area contributed by atoms with Gasteiger partial charge in [0.15, 0.2) is 0 Å². The predicted octanol–water partition coefficient (Wildman–Crippen LogP) is 3.91. The van der Waals surface area contributed by atoms with Crippen LogP contribution in [0.1, 0.15) is 25.3 Å². The van der Waals surface area contributed by atoms with Gasteiger partial charge in [-0.2, -0.15) is 0 Å². The Bertz CT molecular complexity index is 836. The molecule has 0 radical (unpaired) electrons. The van der Waals surface area contributed by atoms with Crippen LogP contribution in [-0.2, 0) is 9.59 Å². The maximum absolute atomic E-state index is 13.9. The summed E-state index contributed by atoms with van der Waals surface area (Å²) in [4.78, 5) is 26.4. The molecule has 6 heteroatoms. The molecule has 0 spiro atoms. The van der Waals surface area contributed by atoms with E-state index in [0.717, 1.165) is 23.4 Å². The van der Waals surface area contributed by atoms with Crippen molar-refractivity contribution >= 4 is 23.2 Å². The van der Waals surface area contributed by atoms with Gasteiger partial charge in [0.25, 0.3) is 0 Å². The van der Waals surface area contributed by atoms with Gasteiger partial charge in [-0.25, -0.2) is 4.39 Å². The summed E-state index contributed by atoms with van der Waals surface area (Å²) >= 11 is 0. The van der Waals surface area contributed by atoms with Crippen molar-refractivity contribution < 1.29 is 18.7 Å². The SMILES string of the molecule is CCCOc1ccc(N2C[C@H](C(=O)Nc3cc(C)ccc3F)CC2=O)cc1. The Hall–Kier alpha value is -2.89. The molecule has 1 heterocycles. The van der Waals surface area contributed by atoms with Crippen molar-refractivity contribution in [2.45, 2.75) is 26.7 Å². The summed E-state index contributed by atoms with van der Waals surface area (Å²) in [6, 6.07) is 11.8. The van der Waals surface area contributed by atoms with E-state index in [9.17, 15) is 14.0 Å². The molecule has 5 nitrogen and oxygen atoms in total. The normalized spacial score (nSPS) is 16.5. The Morgan fingerprint density at radius 3 is 2.70 bits per heavy atom. The molecule has 0 aliphatic carbocycles. The summed E-state index contributed by atoms with van der Waals surface area (Å²) in [6.45, 7) is 4.77. The van der Waals surface area contributed by atoms with Crippen molar-refractivity contribution in [1.82, 2.24) is 0 Å². The molecule has 1 N–H and O–H groups in total. The molecule has 2 aromatic rings. The first-order chi connectivity index (χ1) is 13.0. The van der Waals surface area contributed by atoms with Gasteiger partial charge in [0.2, 0.25) is 11.8 Å². The van der Waals surface area contributed by atoms with Crippen LogP contribution in [0, 0.1) is 18.7 Å². The first kappa shape index (κ1) is 18.9. The van der Waals surface area contributed by atoms with E-state index in [4.69, 9.17) is 4.74 Å². The van der Waals surface area contributed by atoms with Crippen LogP contribution in [-0.4, -0.2) is 25.0 Å². The van der Waals surface area contributed by atoms with Gasteiger partial charge in [0.1, 0.15) is 11.6 Å². The molecule has 1 atom stereocenters. The van der Waals surface area contributed by atoms with E-state index >= 15 is 0 Å². The van der Waals surface area contributed by atoms with Crippen molar-refractivity contribution in [3.63, 3.8) is 0 Å². The Morgan fingerprint density at radius 2 is 2.00 bits per heavy atom. The lowest BCUT2D eigenvalue weighted by Crippen LogP contribution is -2.28. The molecule has 2 amide bonds. The number of anilines is 2. The van der Waals surface area contributed by atoms with Crippen LogP contribution >= 0.6 is 0 Å². The number of hydrogen-bond donors (Lipinski definition) is 1. The van der Waals surface area contributed by atoms with E-state index in [1.165, 1.54) is 6.07 Å². The van der Waals surface area contributed by atoms with E-state index in [1.54, 1.807) is 17.0 Å². The van der Waals surface area contributed by atoms with Gasteiger partial charge in [-0.05, 0) is 55.3 Å². The highest BCUT2D eigenvalue weighted by atomic mass is 19.1. The summed E-state index contributed by atoms with van der Waals surface area (Å²) in [6.07, 6.45) is 1.03. The quantitative estimate of drug-likeness (QED) is 0.839. The number of rotatable bonds is 6. The van der Waals surface area contributed by atoms with Crippen molar-refractivity contribution in [3.05, 3.63) is 53.8 Å². The number of amides is 2. The summed E-state index contributed by atoms with van der Waals surface area (Å²) in [5, 5.41) is 2.60. The lowest BCUT2D eigenvalue weighted by atomic mass is 10.1. The van der Waals surface area contributed by atoms with Gasteiger partial charge in [-0.3, -0.25) is 9.59 Å². The van der Waals surface area contributed by atoms with Crippen LogP contribution in [0.3, 0.4) is 0 Å². The van der Waals surface area contributed by atoms with E-state index in [1.807, 2.05) is 38.1 Å². The minimum atomic E-state index is -0.520. The molecule has 142 valence electrons. The van der Waals surface area contributed by atoms with Crippen molar-refractivity contribution in [2.24, 2.45) is 5.92 Å². The third-order valence-corrected chi connectivity index (χ3v) is 4.50. The highest BCUT2D eigenvalue weighted by Gasteiger charge is 2.35. The minimum Gasteiger partial charge on any atom is -0.494 e. The minimum absolute atomic E-state index is 0.105. The fourth-order valence-electron chi connectivity index (χ4n) is 3.04. The second kappa shape index (κ2) is 8.20. The first-order valence-corrected chi connectivity index (χ1v) is 9.08. The van der Waals surface area contributed by atoms with Crippen molar-refractivity contribution in [2.75, 3.05) is 23.4 Å². The molecule has 0 unspecified atom stereocenters. The standard InChI is InChI=1S/C21H23FN2O3/c1-3-10-27-17-7-5-16(6-8-17)24-13-15(12-20(24)25)21(26)23-19-11-14(2)4-9-18(19)22/h4-9,11,15H,3,10,12-13H2,1-2H3,(H,23,26)/t15-/m1/s1. The van der Waals surface area contributed by atoms with E-state index < -0.39 is 11.7 Å². The highest BCUT2D eigenvalue weighted by molar-refractivity contribution is 6.03. The van der Waals surface area contributed by atoms with Crippen LogP contribution < -0.4 is 15.0 Å². The number of aryl methyl sites for hydroxylation is 1. The fourth-order valence-corrected chi connectivity index (χ4v) is 3.04. The van der Waals surface area contributed by atoms with E-state index in [2.05, 4.69) is 5.32 Å². The highest BCUT2D eigenvalue weighted by Crippen LogP contribution is 2.28. The monoisotopic (exact) mass is 370 g/mol. The number of nitrogens with one attached hydrogen (secondary N) is 1. The Balaban J connectivity index is 1.66. The summed E-state index contributed by atoms with van der Waals surface area (Å²) in [5.74, 6) is -0.733. The number of hydrogen-bond acceptors (Lipinski definition) is 3. The third kappa shape index (κ3) is 4.45. The molecule has 1 aliphatic heterocycles. The number of benzene rings is 2. The van der Waals surface area contributed by atoms with Crippen LogP contribution in [0.15, 0.2) is 42.5 Å². The molecule has 1 saturated heterocycles. The molecular formula is C21H23FN2O3. The number of halogens is 1. The second-order valence-corrected chi connectivity index (χ2v) is 6.72. The van der Waals surface area contributed by atoms with Gasteiger partial charge in [0, 0.05) is 18.7 Å². The van der Waals surface area contributed by atoms with E-state index in [-0.39, 0.29) is 30.5 Å². The summed E-state index contributed by atoms with van der Waals surface area (Å²) in [7, 11) is 0. The van der Waals surface area contributed by atoms with Gasteiger partial charge in [-0.1, -0.05) is 13.0 Å². The maximum Gasteiger partial charge on any atom is 0.229 e. The maximum atomic E-state index is 13.9. The predicted molar refractivity (Wildman–Crippen MR) is 102 cm³/mol. The van der Waals surface area contributed by atoms with Crippen LogP contribution in [0.25, 0.3) is 0 Å². The zero-order valence-electron chi connectivity index (χ0n) is 15.5. The topological polar surface area (TPSA) is 58.6 Å². The summed E-state index contributed by atoms with van der Waals surface area (Å²) < 4.78 is 19.4. The molecule has 0 aromatic heterocycles. The Morgan fingerprint density at radius 1 is 1.26 bits per heavy atom. The van der Waals surface area contributed by atoms with Gasteiger partial charge >= 0.3 is 0 Å². The number of carbonyl (C=O) groups excluding carboxylic acids is 2.